The van der Waals surface area contributed by atoms with Crippen LogP contribution in [0, 0.1) is 5.92 Å². The van der Waals surface area contributed by atoms with Crippen molar-refractivity contribution in [3.63, 3.8) is 0 Å². The summed E-state index contributed by atoms with van der Waals surface area (Å²) < 4.78 is 35.2. The maximum atomic E-state index is 13.3. The van der Waals surface area contributed by atoms with Gasteiger partial charge in [-0.15, -0.1) is 0 Å². The topological polar surface area (TPSA) is 71.3 Å². The molecule has 1 heterocycles. The lowest BCUT2D eigenvalue weighted by Gasteiger charge is -2.37. The number of halogens is 2. The third-order valence-electron chi connectivity index (χ3n) is 5.78. The molecule has 2 aromatic rings. The minimum atomic E-state index is -2.71. The van der Waals surface area contributed by atoms with Gasteiger partial charge >= 0.3 is 0 Å². The van der Waals surface area contributed by atoms with Crippen molar-refractivity contribution >= 4 is 29.2 Å². The van der Waals surface area contributed by atoms with E-state index >= 15 is 0 Å². The monoisotopic (exact) mass is 450 g/mol. The first-order valence-corrected chi connectivity index (χ1v) is 12.1. The van der Waals surface area contributed by atoms with Crippen molar-refractivity contribution < 1.29 is 18.1 Å². The Morgan fingerprint density at radius 1 is 1.29 bits per heavy atom. The van der Waals surface area contributed by atoms with Gasteiger partial charge in [-0.05, 0) is 43.9 Å². The normalized spacial score (nSPS) is 17.9. The highest BCUT2D eigenvalue weighted by Gasteiger charge is 2.49. The molecule has 2 aliphatic rings. The number of anilines is 2. The molecule has 6 nitrogen and oxygen atoms in total. The molecule has 31 heavy (non-hydrogen) atoms. The number of nitrogens with one attached hydrogen (secondary N) is 1. The number of carbonyl (C=O) groups excluding carboxylic acids is 1. The van der Waals surface area contributed by atoms with Gasteiger partial charge in [0.1, 0.15) is 0 Å². The molecule has 0 aliphatic heterocycles. The Morgan fingerprint density at radius 3 is 2.81 bits per heavy atom. The Hall–Kier alpha value is -2.16. The largest absolute Gasteiger partial charge is 0.339 e. The second kappa shape index (κ2) is 9.54. The van der Waals surface area contributed by atoms with Crippen molar-refractivity contribution in [1.82, 2.24) is 10.1 Å². The highest BCUT2D eigenvalue weighted by Crippen LogP contribution is 2.44. The lowest BCUT2D eigenvalue weighted by Crippen LogP contribution is -2.47. The maximum absolute atomic E-state index is 13.3. The summed E-state index contributed by atoms with van der Waals surface area (Å²) in [6.07, 6.45) is 6.75. The molecule has 0 spiro atoms. The molecule has 0 radical (unpaired) electrons. The quantitative estimate of drug-likeness (QED) is 0.364. The molecule has 1 aromatic carbocycles. The molecule has 4 rings (SSSR count). The zero-order valence-electron chi connectivity index (χ0n) is 17.7. The Balaban J connectivity index is 1.32. The third kappa shape index (κ3) is 5.75. The number of aromatic nitrogens is 2. The van der Waals surface area contributed by atoms with Crippen LogP contribution in [-0.2, 0) is 11.2 Å². The molecule has 1 aromatic heterocycles. The van der Waals surface area contributed by atoms with E-state index in [-0.39, 0.29) is 18.7 Å². The Morgan fingerprint density at radius 2 is 2.10 bits per heavy atom. The minimum absolute atomic E-state index is 0.210. The lowest BCUT2D eigenvalue weighted by atomic mass is 9.80. The van der Waals surface area contributed by atoms with Gasteiger partial charge in [0.05, 0.1) is 0 Å². The van der Waals surface area contributed by atoms with E-state index in [9.17, 15) is 13.6 Å². The van der Waals surface area contributed by atoms with Crippen LogP contribution in [0.5, 0.6) is 0 Å². The maximum Gasteiger partial charge on any atom is 0.249 e. The highest BCUT2D eigenvalue weighted by atomic mass is 32.2. The van der Waals surface area contributed by atoms with E-state index < -0.39 is 11.8 Å². The van der Waals surface area contributed by atoms with Gasteiger partial charge in [-0.3, -0.25) is 4.79 Å². The van der Waals surface area contributed by atoms with Gasteiger partial charge in [0.25, 0.3) is 0 Å². The molecule has 0 bridgehead atoms. The number of unbranched alkanes of at least 4 members (excludes halogenated alkanes) is 2. The summed E-state index contributed by atoms with van der Waals surface area (Å²) in [4.78, 5) is 19.1. The van der Waals surface area contributed by atoms with Crippen molar-refractivity contribution in [2.24, 2.45) is 5.92 Å². The number of amides is 1. The van der Waals surface area contributed by atoms with Gasteiger partial charge in [0.15, 0.2) is 5.82 Å². The predicted octanol–water partition coefficient (Wildman–Crippen LogP) is 5.43. The van der Waals surface area contributed by atoms with Crippen LogP contribution >= 0.6 is 11.9 Å². The summed E-state index contributed by atoms with van der Waals surface area (Å²) >= 11 is 1.46. The number of hydrogen-bond acceptors (Lipinski definition) is 6. The number of alkyl halides is 2. The Labute approximate surface area is 185 Å². The number of benzene rings is 1. The molecular formula is C22H28F2N4O2S. The van der Waals surface area contributed by atoms with Gasteiger partial charge in [-0.25, -0.2) is 8.78 Å². The molecule has 0 atom stereocenters. The fraction of sp³-hybridized carbons (Fsp3) is 0.591. The Kier molecular flexibility index (Phi) is 6.79. The van der Waals surface area contributed by atoms with Gasteiger partial charge < -0.3 is 14.1 Å². The van der Waals surface area contributed by atoms with Crippen molar-refractivity contribution in [3.05, 3.63) is 36.0 Å². The standard InChI is InChI=1S/C22H28F2N4O2S/c1-31-27-17-6-5-7-18(12-17)28(21(29)16-13-22(23,24)14-16)11-4-2-3-8-19-25-20(26-30-19)15-9-10-15/h5-7,12,15-16,27H,2-4,8-11,13-14H2,1H3. The minimum Gasteiger partial charge on any atom is -0.339 e. The first kappa shape index (κ1) is 22.0. The van der Waals surface area contributed by atoms with Crippen LogP contribution in [-0.4, -0.2) is 34.8 Å². The number of carbonyl (C=O) groups is 1. The molecule has 9 heteroatoms. The molecule has 2 saturated carbocycles. The molecular weight excluding hydrogens is 422 g/mol. The van der Waals surface area contributed by atoms with Crippen LogP contribution in [0.15, 0.2) is 28.8 Å². The number of nitrogens with zero attached hydrogens (tertiary/aromatic N) is 3. The van der Waals surface area contributed by atoms with Crippen LogP contribution in [0.3, 0.4) is 0 Å². The smallest absolute Gasteiger partial charge is 0.249 e. The van der Waals surface area contributed by atoms with E-state index in [4.69, 9.17) is 4.52 Å². The zero-order chi connectivity index (χ0) is 21.8. The van der Waals surface area contributed by atoms with Gasteiger partial charge in [0.2, 0.25) is 17.7 Å². The number of rotatable bonds is 11. The molecule has 1 N–H and O–H groups in total. The molecule has 168 valence electrons. The van der Waals surface area contributed by atoms with Crippen molar-refractivity contribution in [2.45, 2.75) is 63.2 Å². The average molecular weight is 451 g/mol. The molecule has 0 unspecified atom stereocenters. The average Bonchev–Trinajstić information content (AvgIpc) is 3.47. The SMILES string of the molecule is CSNc1cccc(N(CCCCCc2nc(C3CC3)no2)C(=O)C2CC(F)(F)C2)c1. The van der Waals surface area contributed by atoms with Crippen LogP contribution in [0.2, 0.25) is 0 Å². The highest BCUT2D eigenvalue weighted by molar-refractivity contribution is 7.99. The fourth-order valence-electron chi connectivity index (χ4n) is 3.88. The van der Waals surface area contributed by atoms with Gasteiger partial charge in [-0.2, -0.15) is 4.98 Å². The lowest BCUT2D eigenvalue weighted by molar-refractivity contribution is -0.147. The summed E-state index contributed by atoms with van der Waals surface area (Å²) in [6, 6.07) is 7.54. The summed E-state index contributed by atoms with van der Waals surface area (Å²) in [5, 5.41) is 4.03. The molecule has 1 amide bonds. The number of aryl methyl sites for hydroxylation is 1. The predicted molar refractivity (Wildman–Crippen MR) is 117 cm³/mol. The number of hydrogen-bond donors (Lipinski definition) is 1. The second-order valence-electron chi connectivity index (χ2n) is 8.44. The van der Waals surface area contributed by atoms with E-state index in [1.807, 2.05) is 30.5 Å². The fourth-order valence-corrected chi connectivity index (χ4v) is 4.24. The van der Waals surface area contributed by atoms with Crippen molar-refractivity contribution in [3.8, 4) is 0 Å². The summed E-state index contributed by atoms with van der Waals surface area (Å²) in [7, 11) is 0. The van der Waals surface area contributed by atoms with Crippen LogP contribution in [0.4, 0.5) is 20.2 Å². The second-order valence-corrected chi connectivity index (χ2v) is 9.05. The first-order chi connectivity index (χ1) is 14.9. The van der Waals surface area contributed by atoms with E-state index in [0.717, 1.165) is 55.7 Å². The third-order valence-corrected chi connectivity index (χ3v) is 6.22. The van der Waals surface area contributed by atoms with Crippen molar-refractivity contribution in [2.75, 3.05) is 22.4 Å². The first-order valence-electron chi connectivity index (χ1n) is 10.9. The van der Waals surface area contributed by atoms with Crippen molar-refractivity contribution in [1.29, 1.82) is 0 Å². The van der Waals surface area contributed by atoms with Crippen LogP contribution < -0.4 is 9.62 Å². The van der Waals surface area contributed by atoms with E-state index in [0.29, 0.717) is 18.4 Å². The molecule has 2 aliphatic carbocycles. The summed E-state index contributed by atoms with van der Waals surface area (Å²) in [5.41, 5.74) is 1.62. The Bertz CT molecular complexity index is 895. The summed E-state index contributed by atoms with van der Waals surface area (Å²) in [5.74, 6) is -1.56. The van der Waals surface area contributed by atoms with Gasteiger partial charge in [-0.1, -0.05) is 29.6 Å². The van der Waals surface area contributed by atoms with Crippen LogP contribution in [0.1, 0.15) is 62.6 Å². The zero-order valence-corrected chi connectivity index (χ0v) is 18.5. The van der Waals surface area contributed by atoms with E-state index in [1.54, 1.807) is 4.90 Å². The summed E-state index contributed by atoms with van der Waals surface area (Å²) in [6.45, 7) is 0.501. The van der Waals surface area contributed by atoms with E-state index in [2.05, 4.69) is 14.9 Å². The van der Waals surface area contributed by atoms with E-state index in [1.165, 1.54) is 11.9 Å². The van der Waals surface area contributed by atoms with Crippen LogP contribution in [0.25, 0.3) is 0 Å². The molecule has 0 saturated heterocycles. The molecule has 2 fully saturated rings. The van der Waals surface area contributed by atoms with Gasteiger partial charge in [0, 0.05) is 55.3 Å².